The number of nitrogens with zero attached hydrogens (tertiary/aromatic N) is 5. The molecule has 2 aromatic carbocycles. The molecule has 2 aliphatic rings. The van der Waals surface area contributed by atoms with Crippen molar-refractivity contribution in [3.63, 3.8) is 0 Å². The number of aromatic carboxylic acids is 1. The van der Waals surface area contributed by atoms with Gasteiger partial charge in [-0.15, -0.1) is 0 Å². The van der Waals surface area contributed by atoms with E-state index in [1.807, 2.05) is 101 Å². The van der Waals surface area contributed by atoms with E-state index in [4.69, 9.17) is 14.2 Å². The molecular formula is C41H57BrN6O8. The van der Waals surface area contributed by atoms with E-state index in [1.165, 1.54) is 7.11 Å². The third kappa shape index (κ3) is 11.4. The number of anilines is 1. The van der Waals surface area contributed by atoms with Crippen LogP contribution in [-0.4, -0.2) is 118 Å². The zero-order chi connectivity index (χ0) is 41.7. The fourth-order valence-electron chi connectivity index (χ4n) is 6.61. The summed E-state index contributed by atoms with van der Waals surface area (Å²) < 4.78 is 20.2. The molecule has 2 atom stereocenters. The highest BCUT2D eigenvalue weighted by molar-refractivity contribution is 9.10. The number of carboxylic acids is 1. The van der Waals surface area contributed by atoms with Crippen LogP contribution >= 0.6 is 15.9 Å². The Labute approximate surface area is 337 Å². The Morgan fingerprint density at radius 3 is 1.84 bits per heavy atom. The number of benzene rings is 2. The van der Waals surface area contributed by atoms with E-state index in [9.17, 15) is 24.3 Å². The molecule has 0 unspecified atom stereocenters. The third-order valence-corrected chi connectivity index (χ3v) is 9.69. The molecule has 0 aliphatic carbocycles. The van der Waals surface area contributed by atoms with Crippen LogP contribution in [0, 0.1) is 0 Å². The van der Waals surface area contributed by atoms with E-state index in [0.717, 1.165) is 51.6 Å². The summed E-state index contributed by atoms with van der Waals surface area (Å²) in [7, 11) is 5.14. The molecule has 14 nitrogen and oxygen atoms in total. The van der Waals surface area contributed by atoms with Gasteiger partial charge in [0.05, 0.1) is 23.8 Å². The molecule has 0 spiro atoms. The molecule has 2 aromatic heterocycles. The molecule has 2 saturated heterocycles. The van der Waals surface area contributed by atoms with E-state index < -0.39 is 17.2 Å². The molecule has 4 heterocycles. The maximum atomic E-state index is 12.3. The number of carbonyl (C=O) groups is 4. The number of carboxylic acid groups (broad SMARTS) is 1. The minimum Gasteiger partial charge on any atom is -0.478 e. The van der Waals surface area contributed by atoms with Gasteiger partial charge in [-0.1, -0.05) is 22.0 Å². The number of ether oxygens (including phenoxy) is 3. The predicted octanol–water partition coefficient (Wildman–Crippen LogP) is 7.26. The molecule has 0 saturated carbocycles. The molecule has 2 aliphatic heterocycles. The number of aryl methyl sites for hydroxylation is 2. The van der Waals surface area contributed by atoms with Gasteiger partial charge >= 0.3 is 24.1 Å². The lowest BCUT2D eigenvalue weighted by Gasteiger charge is -2.41. The van der Waals surface area contributed by atoms with Gasteiger partial charge in [-0.2, -0.15) is 0 Å². The fraction of sp³-hybridized carbons (Fsp3) is 0.512. The van der Waals surface area contributed by atoms with Gasteiger partial charge in [0.2, 0.25) is 0 Å². The first-order valence-corrected chi connectivity index (χ1v) is 19.5. The van der Waals surface area contributed by atoms with E-state index in [2.05, 4.69) is 40.0 Å². The first-order chi connectivity index (χ1) is 26.1. The van der Waals surface area contributed by atoms with Crippen LogP contribution in [0.3, 0.4) is 0 Å². The maximum Gasteiger partial charge on any atom is 0.410 e. The molecule has 56 heavy (non-hydrogen) atoms. The Morgan fingerprint density at radius 1 is 0.768 bits per heavy atom. The Kier molecular flexibility index (Phi) is 14.1. The number of carbonyl (C=O) groups excluding carboxylic acids is 3. The van der Waals surface area contributed by atoms with E-state index in [1.54, 1.807) is 22.2 Å². The molecule has 2 fully saturated rings. The number of aromatic nitrogens is 2. The van der Waals surface area contributed by atoms with Crippen LogP contribution in [-0.2, 0) is 28.3 Å². The highest BCUT2D eigenvalue weighted by Crippen LogP contribution is 2.29. The largest absolute Gasteiger partial charge is 0.478 e. The van der Waals surface area contributed by atoms with Crippen molar-refractivity contribution >= 4 is 67.5 Å². The molecular weight excluding hydrogens is 784 g/mol. The predicted molar refractivity (Wildman–Crippen MR) is 222 cm³/mol. The second kappa shape index (κ2) is 18.0. The van der Waals surface area contributed by atoms with Crippen molar-refractivity contribution in [3.8, 4) is 0 Å². The van der Waals surface area contributed by atoms with Crippen molar-refractivity contribution in [2.24, 2.45) is 14.1 Å². The lowest BCUT2D eigenvalue weighted by molar-refractivity contribution is 0.0197. The first kappa shape index (κ1) is 44.0. The summed E-state index contributed by atoms with van der Waals surface area (Å²) in [4.78, 5) is 52.6. The van der Waals surface area contributed by atoms with Gasteiger partial charge in [0.1, 0.15) is 11.2 Å². The second-order valence-corrected chi connectivity index (χ2v) is 17.1. The van der Waals surface area contributed by atoms with Crippen molar-refractivity contribution in [3.05, 3.63) is 64.4 Å². The Morgan fingerprint density at radius 2 is 1.30 bits per heavy atom. The van der Waals surface area contributed by atoms with Crippen molar-refractivity contribution in [1.82, 2.24) is 24.3 Å². The van der Waals surface area contributed by atoms with Crippen LogP contribution < -0.4 is 10.2 Å². The quantitative estimate of drug-likeness (QED) is 0.160. The smallest absolute Gasteiger partial charge is 0.410 e. The molecule has 6 rings (SSSR count). The zero-order valence-electron chi connectivity index (χ0n) is 34.4. The highest BCUT2D eigenvalue weighted by Gasteiger charge is 2.30. The van der Waals surface area contributed by atoms with Crippen LogP contribution in [0.2, 0.25) is 0 Å². The molecule has 15 heteroatoms. The summed E-state index contributed by atoms with van der Waals surface area (Å²) in [5, 5.41) is 14.3. The van der Waals surface area contributed by atoms with Gasteiger partial charge in [0, 0.05) is 104 Å². The summed E-state index contributed by atoms with van der Waals surface area (Å²) >= 11 is 3.40. The lowest BCUT2D eigenvalue weighted by atomic mass is 10.1. The van der Waals surface area contributed by atoms with Crippen molar-refractivity contribution in [1.29, 1.82) is 0 Å². The van der Waals surface area contributed by atoms with Crippen LogP contribution in [0.5, 0.6) is 0 Å². The van der Waals surface area contributed by atoms with Gasteiger partial charge in [0.15, 0.2) is 0 Å². The van der Waals surface area contributed by atoms with Gasteiger partial charge < -0.3 is 48.5 Å². The molecule has 0 bridgehead atoms. The van der Waals surface area contributed by atoms with Gasteiger partial charge in [-0.3, -0.25) is 0 Å². The molecule has 2 N–H and O–H groups in total. The van der Waals surface area contributed by atoms with E-state index in [0.29, 0.717) is 36.8 Å². The summed E-state index contributed by atoms with van der Waals surface area (Å²) in [5.74, 6) is -1.23. The SMILES string of the molecule is COC(=O)c1cn(C)c2cc(Br)ccc12.C[C@H]1CN(C(=O)OC(C)(C)C)CCN1.C[C@H]1CN(C(=O)OC(C)(C)C)CCN1c1ccc2c(C(=O)O)cn(C)c2c1. The highest BCUT2D eigenvalue weighted by atomic mass is 79.9. The van der Waals surface area contributed by atoms with Crippen LogP contribution in [0.15, 0.2) is 53.3 Å². The number of piperazine rings is 2. The van der Waals surface area contributed by atoms with Crippen molar-refractivity contribution < 1.29 is 38.5 Å². The topological polar surface area (TPSA) is 148 Å². The normalized spacial score (nSPS) is 17.4. The Bertz CT molecular complexity index is 2040. The lowest BCUT2D eigenvalue weighted by Crippen LogP contribution is -2.54. The van der Waals surface area contributed by atoms with E-state index >= 15 is 0 Å². The standard InChI is InChI=1S/C20H27N3O4.C11H10BrNO2.C10H20N2O2/c1-13-11-22(19(26)27-20(2,3)4)8-9-23(13)14-6-7-15-16(18(24)25)12-21(5)17(15)10-14;1-13-6-9(11(14)15-2)8-4-3-7(12)5-10(8)13;1-8-7-12(6-5-11-8)9(13)14-10(2,3)4/h6-7,10,12-13H,8-9,11H2,1-5H3,(H,24,25);3-6H,1-2H3;8,11H,5-7H2,1-4H3/t13-;;8-/m0.0/s1. The average molecular weight is 842 g/mol. The van der Waals surface area contributed by atoms with Crippen LogP contribution in [0.4, 0.5) is 15.3 Å². The van der Waals surface area contributed by atoms with Gasteiger partial charge in [-0.05, 0) is 85.7 Å². The third-order valence-electron chi connectivity index (χ3n) is 9.19. The number of methoxy groups -OCH3 is 1. The van der Waals surface area contributed by atoms with Gasteiger partial charge in [0.25, 0.3) is 0 Å². The summed E-state index contributed by atoms with van der Waals surface area (Å²) in [6, 6.07) is 12.1. The summed E-state index contributed by atoms with van der Waals surface area (Å²) in [6.07, 6.45) is 2.94. The minimum absolute atomic E-state index is 0.128. The number of amides is 2. The van der Waals surface area contributed by atoms with E-state index in [-0.39, 0.29) is 24.2 Å². The molecule has 2 amide bonds. The van der Waals surface area contributed by atoms with Crippen LogP contribution in [0.1, 0.15) is 76.1 Å². The number of rotatable bonds is 3. The average Bonchev–Trinajstić information content (AvgIpc) is 3.62. The number of fused-ring (bicyclic) bond motifs is 2. The summed E-state index contributed by atoms with van der Waals surface area (Å²) in [6.45, 7) is 19.6. The van der Waals surface area contributed by atoms with Crippen LogP contribution in [0.25, 0.3) is 21.8 Å². The second-order valence-electron chi connectivity index (χ2n) is 16.2. The van der Waals surface area contributed by atoms with Gasteiger partial charge in [-0.25, -0.2) is 19.2 Å². The molecule has 4 aromatic rings. The fourth-order valence-corrected chi connectivity index (χ4v) is 6.96. The molecule has 306 valence electrons. The summed E-state index contributed by atoms with van der Waals surface area (Å²) in [5.41, 5.74) is 2.92. The Hall–Kier alpha value is -4.76. The number of nitrogens with one attached hydrogen (secondary N) is 1. The van der Waals surface area contributed by atoms with Crippen molar-refractivity contribution in [2.45, 2.75) is 78.7 Å². The molecule has 0 radical (unpaired) electrons. The Balaban J connectivity index is 0.000000203. The minimum atomic E-state index is -0.923. The zero-order valence-corrected chi connectivity index (χ0v) is 36.0. The number of halogens is 1. The number of esters is 1. The maximum absolute atomic E-state index is 12.3. The first-order valence-electron chi connectivity index (χ1n) is 18.7. The number of hydrogen-bond donors (Lipinski definition) is 2. The monoisotopic (exact) mass is 840 g/mol. The van der Waals surface area contributed by atoms with Crippen molar-refractivity contribution in [2.75, 3.05) is 51.3 Å². The number of hydrogen-bond acceptors (Lipinski definition) is 9.